The summed E-state index contributed by atoms with van der Waals surface area (Å²) in [5.41, 5.74) is 1.71. The van der Waals surface area contributed by atoms with E-state index in [1.807, 2.05) is 49.0 Å². The highest BCUT2D eigenvalue weighted by Gasteiger charge is 2.18. The molecule has 1 aromatic carbocycles. The van der Waals surface area contributed by atoms with Crippen LogP contribution in [-0.4, -0.2) is 47.3 Å². The smallest absolute Gasteiger partial charge is 0.261 e. The van der Waals surface area contributed by atoms with E-state index in [9.17, 15) is 4.79 Å². The van der Waals surface area contributed by atoms with Gasteiger partial charge in [-0.15, -0.1) is 11.3 Å². The average Bonchev–Trinajstić information content (AvgIpc) is 3.16. The van der Waals surface area contributed by atoms with Crippen LogP contribution in [0.25, 0.3) is 15.9 Å². The number of aryl methyl sites for hydroxylation is 1. The maximum absolute atomic E-state index is 12.4. The number of hydrogen-bond donors (Lipinski definition) is 1. The second-order valence-corrected chi connectivity index (χ2v) is 7.37. The first kappa shape index (κ1) is 17.9. The van der Waals surface area contributed by atoms with E-state index in [1.165, 1.54) is 11.3 Å². The summed E-state index contributed by atoms with van der Waals surface area (Å²) >= 11 is 7.75. The lowest BCUT2D eigenvalue weighted by Crippen LogP contribution is -2.32. The zero-order valence-corrected chi connectivity index (χ0v) is 16.1. The number of amides is 1. The van der Waals surface area contributed by atoms with Crippen molar-refractivity contribution in [2.45, 2.75) is 13.8 Å². The Labute approximate surface area is 156 Å². The highest BCUT2D eigenvalue weighted by atomic mass is 35.5. The Bertz CT molecular complexity index is 902. The first-order valence-electron chi connectivity index (χ1n) is 8.22. The molecule has 3 aromatic rings. The number of likely N-dealkylation sites (N-methyl/N-ethyl adjacent to an activating group) is 1. The molecule has 25 heavy (non-hydrogen) atoms. The molecule has 0 aliphatic carbocycles. The van der Waals surface area contributed by atoms with Crippen molar-refractivity contribution in [2.75, 3.05) is 26.7 Å². The molecule has 0 saturated heterocycles. The first-order valence-corrected chi connectivity index (χ1v) is 9.41. The first-order chi connectivity index (χ1) is 12.0. The van der Waals surface area contributed by atoms with Gasteiger partial charge in [0.05, 0.1) is 21.3 Å². The van der Waals surface area contributed by atoms with Gasteiger partial charge in [-0.2, -0.15) is 5.10 Å². The van der Waals surface area contributed by atoms with Crippen molar-refractivity contribution in [1.82, 2.24) is 20.0 Å². The Morgan fingerprint density at radius 1 is 1.40 bits per heavy atom. The topological polar surface area (TPSA) is 50.2 Å². The standard InChI is InChI=1S/C18H21ClN4OS/c1-4-22(3)10-9-20-17(24)16-11-13-12(2)21-23(18(13)25-16)15-8-6-5-7-14(15)19/h5-8,11H,4,9-10H2,1-3H3,(H,20,24). The van der Waals surface area contributed by atoms with Crippen molar-refractivity contribution < 1.29 is 4.79 Å². The minimum atomic E-state index is -0.0455. The summed E-state index contributed by atoms with van der Waals surface area (Å²) in [4.78, 5) is 16.2. The summed E-state index contributed by atoms with van der Waals surface area (Å²) in [7, 11) is 2.03. The number of halogens is 1. The van der Waals surface area contributed by atoms with Crippen LogP contribution in [-0.2, 0) is 0 Å². The van der Waals surface area contributed by atoms with Crippen LogP contribution in [0, 0.1) is 6.92 Å². The zero-order valence-electron chi connectivity index (χ0n) is 14.5. The number of carbonyl (C=O) groups excluding carboxylic acids is 1. The SMILES string of the molecule is CCN(C)CCNC(=O)c1cc2c(C)nn(-c3ccccc3Cl)c2s1. The molecule has 0 aliphatic heterocycles. The predicted octanol–water partition coefficient (Wildman–Crippen LogP) is 3.73. The molecule has 0 radical (unpaired) electrons. The fourth-order valence-corrected chi connectivity index (χ4v) is 3.86. The fraction of sp³-hybridized carbons (Fsp3) is 0.333. The maximum Gasteiger partial charge on any atom is 0.261 e. The normalized spacial score (nSPS) is 11.4. The Hall–Kier alpha value is -1.89. The molecular formula is C18H21ClN4OS. The summed E-state index contributed by atoms with van der Waals surface area (Å²) in [5.74, 6) is -0.0455. The molecule has 0 aliphatic rings. The number of carbonyl (C=O) groups is 1. The van der Waals surface area contributed by atoms with Crippen molar-refractivity contribution in [2.24, 2.45) is 0 Å². The summed E-state index contributed by atoms with van der Waals surface area (Å²) in [6.45, 7) is 6.47. The summed E-state index contributed by atoms with van der Waals surface area (Å²) in [6, 6.07) is 9.49. The van der Waals surface area contributed by atoms with Gasteiger partial charge in [-0.05, 0) is 38.7 Å². The number of rotatable bonds is 6. The Morgan fingerprint density at radius 3 is 2.88 bits per heavy atom. The Balaban J connectivity index is 1.87. The molecule has 0 atom stereocenters. The molecule has 1 amide bonds. The summed E-state index contributed by atoms with van der Waals surface area (Å²) < 4.78 is 1.82. The van der Waals surface area contributed by atoms with E-state index in [0.29, 0.717) is 16.4 Å². The van der Waals surface area contributed by atoms with E-state index >= 15 is 0 Å². The molecule has 0 bridgehead atoms. The average molecular weight is 377 g/mol. The van der Waals surface area contributed by atoms with Crippen molar-refractivity contribution >= 4 is 39.1 Å². The zero-order chi connectivity index (χ0) is 18.0. The van der Waals surface area contributed by atoms with Crippen molar-refractivity contribution in [3.05, 3.63) is 45.9 Å². The summed E-state index contributed by atoms with van der Waals surface area (Å²) in [6.07, 6.45) is 0. The van der Waals surface area contributed by atoms with E-state index in [1.54, 1.807) is 0 Å². The van der Waals surface area contributed by atoms with Crippen LogP contribution in [0.1, 0.15) is 22.3 Å². The number of nitrogens with zero attached hydrogens (tertiary/aromatic N) is 3. The molecule has 0 spiro atoms. The van der Waals surface area contributed by atoms with Gasteiger partial charge in [0.15, 0.2) is 0 Å². The van der Waals surface area contributed by atoms with E-state index in [0.717, 1.165) is 34.7 Å². The third kappa shape index (κ3) is 3.71. The molecule has 0 unspecified atom stereocenters. The number of para-hydroxylation sites is 1. The molecule has 5 nitrogen and oxygen atoms in total. The largest absolute Gasteiger partial charge is 0.350 e. The van der Waals surface area contributed by atoms with Crippen LogP contribution in [0.5, 0.6) is 0 Å². The summed E-state index contributed by atoms with van der Waals surface area (Å²) in [5, 5.41) is 9.18. The second kappa shape index (κ2) is 7.56. The van der Waals surface area contributed by atoms with Crippen LogP contribution in [0.3, 0.4) is 0 Å². The Morgan fingerprint density at radius 2 is 2.16 bits per heavy atom. The van der Waals surface area contributed by atoms with Gasteiger partial charge in [-0.25, -0.2) is 4.68 Å². The van der Waals surface area contributed by atoms with Gasteiger partial charge >= 0.3 is 0 Å². The van der Waals surface area contributed by atoms with Gasteiger partial charge in [-0.3, -0.25) is 4.79 Å². The van der Waals surface area contributed by atoms with Crippen molar-refractivity contribution in [3.8, 4) is 5.69 Å². The molecule has 3 rings (SSSR count). The number of thiophene rings is 1. The lowest BCUT2D eigenvalue weighted by Gasteiger charge is -2.13. The molecule has 0 saturated carbocycles. The van der Waals surface area contributed by atoms with Gasteiger partial charge in [-0.1, -0.05) is 30.7 Å². The van der Waals surface area contributed by atoms with E-state index in [-0.39, 0.29) is 5.91 Å². The van der Waals surface area contributed by atoms with Gasteiger partial charge in [0.25, 0.3) is 5.91 Å². The highest BCUT2D eigenvalue weighted by molar-refractivity contribution is 7.20. The number of fused-ring (bicyclic) bond motifs is 1. The minimum Gasteiger partial charge on any atom is -0.350 e. The van der Waals surface area contributed by atoms with Crippen LogP contribution in [0.15, 0.2) is 30.3 Å². The van der Waals surface area contributed by atoms with Crippen molar-refractivity contribution in [1.29, 1.82) is 0 Å². The van der Waals surface area contributed by atoms with Gasteiger partial charge in [0.2, 0.25) is 0 Å². The Kier molecular flexibility index (Phi) is 5.42. The van der Waals surface area contributed by atoms with Crippen LogP contribution in [0.4, 0.5) is 0 Å². The van der Waals surface area contributed by atoms with E-state index in [2.05, 4.69) is 22.2 Å². The molecular weight excluding hydrogens is 356 g/mol. The van der Waals surface area contributed by atoms with Crippen molar-refractivity contribution in [3.63, 3.8) is 0 Å². The molecule has 132 valence electrons. The lowest BCUT2D eigenvalue weighted by atomic mass is 10.3. The predicted molar refractivity (Wildman–Crippen MR) is 104 cm³/mol. The lowest BCUT2D eigenvalue weighted by molar-refractivity contribution is 0.0954. The molecule has 2 aromatic heterocycles. The van der Waals surface area contributed by atoms with Gasteiger partial charge < -0.3 is 10.2 Å². The number of nitrogens with one attached hydrogen (secondary N) is 1. The fourth-order valence-electron chi connectivity index (χ4n) is 2.55. The van der Waals surface area contributed by atoms with E-state index < -0.39 is 0 Å². The minimum absolute atomic E-state index is 0.0455. The van der Waals surface area contributed by atoms with Crippen LogP contribution < -0.4 is 5.32 Å². The maximum atomic E-state index is 12.4. The van der Waals surface area contributed by atoms with Crippen LogP contribution in [0.2, 0.25) is 5.02 Å². The number of aromatic nitrogens is 2. The molecule has 1 N–H and O–H groups in total. The van der Waals surface area contributed by atoms with E-state index in [4.69, 9.17) is 11.6 Å². The molecule has 7 heteroatoms. The number of benzene rings is 1. The molecule has 0 fully saturated rings. The third-order valence-corrected chi connectivity index (χ3v) is 5.60. The monoisotopic (exact) mass is 376 g/mol. The molecule has 2 heterocycles. The van der Waals surface area contributed by atoms with Gasteiger partial charge in [0.1, 0.15) is 4.83 Å². The third-order valence-electron chi connectivity index (χ3n) is 4.17. The quantitative estimate of drug-likeness (QED) is 0.713. The second-order valence-electron chi connectivity index (χ2n) is 5.93. The van der Waals surface area contributed by atoms with Crippen LogP contribution >= 0.6 is 22.9 Å². The van der Waals surface area contributed by atoms with Gasteiger partial charge in [0, 0.05) is 18.5 Å². The highest BCUT2D eigenvalue weighted by Crippen LogP contribution is 2.32. The number of hydrogen-bond acceptors (Lipinski definition) is 4.